The highest BCUT2D eigenvalue weighted by molar-refractivity contribution is 7.99. The molecule has 0 saturated carbocycles. The molecule has 2 aliphatic heterocycles. The monoisotopic (exact) mass is 397 g/mol. The minimum atomic E-state index is -0.760. The third-order valence-electron chi connectivity index (χ3n) is 5.22. The summed E-state index contributed by atoms with van der Waals surface area (Å²) in [6.07, 6.45) is 2.05. The van der Waals surface area contributed by atoms with Crippen LogP contribution >= 0.6 is 23.4 Å². The van der Waals surface area contributed by atoms with Crippen molar-refractivity contribution >= 4 is 35.2 Å². The molecule has 2 heterocycles. The number of hydrogen-bond donors (Lipinski definition) is 1. The number of carbonyl (C=O) groups excluding carboxylic acids is 1. The zero-order chi connectivity index (χ0) is 18.5. The molecular weight excluding hydrogens is 374 g/mol. The van der Waals surface area contributed by atoms with Gasteiger partial charge in [-0.15, -0.1) is 11.8 Å². The van der Waals surface area contributed by atoms with Crippen molar-refractivity contribution in [3.63, 3.8) is 0 Å². The Bertz CT molecular complexity index is 631. The fourth-order valence-corrected chi connectivity index (χ4v) is 4.76. The van der Waals surface area contributed by atoms with Gasteiger partial charge in [-0.3, -0.25) is 9.59 Å². The fourth-order valence-electron chi connectivity index (χ4n) is 3.75. The summed E-state index contributed by atoms with van der Waals surface area (Å²) >= 11 is 7.48. The number of carbonyl (C=O) groups is 2. The SMILES string of the molecule is O=C(O)C1CCO[C@H]1C1CCN(C(=O)CSCc2ccc(Cl)cc2)CC1. The highest BCUT2D eigenvalue weighted by Gasteiger charge is 2.40. The van der Waals surface area contributed by atoms with Crippen molar-refractivity contribution < 1.29 is 19.4 Å². The minimum absolute atomic E-state index is 0.157. The first-order chi connectivity index (χ1) is 12.5. The molecule has 2 saturated heterocycles. The number of likely N-dealkylation sites (tertiary alicyclic amines) is 1. The number of ether oxygens (including phenoxy) is 1. The fraction of sp³-hybridized carbons (Fsp3) is 0.579. The molecule has 1 N–H and O–H groups in total. The van der Waals surface area contributed by atoms with Crippen molar-refractivity contribution in [3.8, 4) is 0 Å². The number of rotatable bonds is 6. The average Bonchev–Trinajstić information content (AvgIpc) is 3.13. The smallest absolute Gasteiger partial charge is 0.309 e. The number of amides is 1. The Morgan fingerprint density at radius 3 is 2.54 bits per heavy atom. The maximum atomic E-state index is 12.4. The molecule has 142 valence electrons. The third-order valence-corrected chi connectivity index (χ3v) is 6.46. The maximum Gasteiger partial charge on any atom is 0.309 e. The van der Waals surface area contributed by atoms with Gasteiger partial charge in [0.05, 0.1) is 17.8 Å². The van der Waals surface area contributed by atoms with Gasteiger partial charge >= 0.3 is 5.97 Å². The van der Waals surface area contributed by atoms with E-state index in [1.54, 1.807) is 11.8 Å². The van der Waals surface area contributed by atoms with Crippen LogP contribution in [-0.4, -0.2) is 53.4 Å². The first-order valence-electron chi connectivity index (χ1n) is 8.99. The molecule has 2 aliphatic rings. The van der Waals surface area contributed by atoms with Crippen molar-refractivity contribution in [2.45, 2.75) is 31.1 Å². The number of benzene rings is 1. The summed E-state index contributed by atoms with van der Waals surface area (Å²) in [5.74, 6) is 0.497. The predicted molar refractivity (Wildman–Crippen MR) is 102 cm³/mol. The van der Waals surface area contributed by atoms with E-state index >= 15 is 0 Å². The van der Waals surface area contributed by atoms with Gasteiger partial charge in [0.1, 0.15) is 0 Å². The van der Waals surface area contributed by atoms with Crippen LogP contribution in [0.4, 0.5) is 0 Å². The van der Waals surface area contributed by atoms with E-state index in [0.29, 0.717) is 36.9 Å². The number of nitrogens with zero attached hydrogens (tertiary/aromatic N) is 1. The second-order valence-electron chi connectivity index (χ2n) is 6.91. The molecule has 3 rings (SSSR count). The molecule has 1 unspecified atom stereocenters. The summed E-state index contributed by atoms with van der Waals surface area (Å²) in [5, 5.41) is 10.0. The van der Waals surface area contributed by atoms with Crippen LogP contribution < -0.4 is 0 Å². The van der Waals surface area contributed by atoms with Crippen LogP contribution in [-0.2, 0) is 20.1 Å². The predicted octanol–water partition coefficient (Wildman–Crippen LogP) is 3.30. The first kappa shape index (κ1) is 19.5. The average molecular weight is 398 g/mol. The maximum absolute atomic E-state index is 12.4. The highest BCUT2D eigenvalue weighted by atomic mass is 35.5. The number of carboxylic acid groups (broad SMARTS) is 1. The quantitative estimate of drug-likeness (QED) is 0.797. The second-order valence-corrected chi connectivity index (χ2v) is 8.33. The Morgan fingerprint density at radius 2 is 1.88 bits per heavy atom. The lowest BCUT2D eigenvalue weighted by Crippen LogP contribution is -2.43. The van der Waals surface area contributed by atoms with E-state index in [1.165, 1.54) is 0 Å². The van der Waals surface area contributed by atoms with Crippen LogP contribution in [0.5, 0.6) is 0 Å². The number of hydrogen-bond acceptors (Lipinski definition) is 4. The molecule has 26 heavy (non-hydrogen) atoms. The summed E-state index contributed by atoms with van der Waals surface area (Å²) in [7, 11) is 0. The van der Waals surface area contributed by atoms with Crippen LogP contribution in [0.25, 0.3) is 0 Å². The van der Waals surface area contributed by atoms with Gasteiger partial charge in [0.25, 0.3) is 0 Å². The molecule has 1 amide bonds. The summed E-state index contributed by atoms with van der Waals surface area (Å²) in [5.41, 5.74) is 1.16. The summed E-state index contributed by atoms with van der Waals surface area (Å²) < 4.78 is 5.69. The molecule has 7 heteroatoms. The van der Waals surface area contributed by atoms with E-state index in [9.17, 15) is 14.7 Å². The topological polar surface area (TPSA) is 66.8 Å². The summed E-state index contributed by atoms with van der Waals surface area (Å²) in [4.78, 5) is 25.6. The third kappa shape index (κ3) is 4.93. The zero-order valence-corrected chi connectivity index (χ0v) is 16.2. The number of carboxylic acids is 1. The zero-order valence-electron chi connectivity index (χ0n) is 14.6. The van der Waals surface area contributed by atoms with E-state index in [0.717, 1.165) is 24.2 Å². The van der Waals surface area contributed by atoms with Gasteiger partial charge in [-0.05, 0) is 42.9 Å². The molecule has 5 nitrogen and oxygen atoms in total. The van der Waals surface area contributed by atoms with E-state index in [1.807, 2.05) is 29.2 Å². The minimum Gasteiger partial charge on any atom is -0.481 e. The van der Waals surface area contributed by atoms with Gasteiger partial charge in [0.2, 0.25) is 5.91 Å². The number of aliphatic carboxylic acids is 1. The van der Waals surface area contributed by atoms with Gasteiger partial charge < -0.3 is 14.7 Å². The molecule has 0 aliphatic carbocycles. The van der Waals surface area contributed by atoms with Crippen LogP contribution in [0.3, 0.4) is 0 Å². The van der Waals surface area contributed by atoms with Gasteiger partial charge in [0.15, 0.2) is 0 Å². The Hall–Kier alpha value is -1.24. The van der Waals surface area contributed by atoms with Crippen molar-refractivity contribution in [1.29, 1.82) is 0 Å². The number of thioether (sulfide) groups is 1. The van der Waals surface area contributed by atoms with E-state index in [4.69, 9.17) is 16.3 Å². The van der Waals surface area contributed by atoms with Gasteiger partial charge in [-0.25, -0.2) is 0 Å². The van der Waals surface area contributed by atoms with Crippen molar-refractivity contribution in [1.82, 2.24) is 4.90 Å². The van der Waals surface area contributed by atoms with Crippen molar-refractivity contribution in [3.05, 3.63) is 34.9 Å². The molecule has 0 radical (unpaired) electrons. The Labute approximate surface area is 163 Å². The number of piperidine rings is 1. The van der Waals surface area contributed by atoms with Gasteiger partial charge in [-0.2, -0.15) is 0 Å². The van der Waals surface area contributed by atoms with Crippen LogP contribution in [0, 0.1) is 11.8 Å². The van der Waals surface area contributed by atoms with E-state index in [-0.39, 0.29) is 17.9 Å². The Balaban J connectivity index is 1.40. The van der Waals surface area contributed by atoms with Gasteiger partial charge in [0, 0.05) is 30.5 Å². The van der Waals surface area contributed by atoms with Crippen LogP contribution in [0.2, 0.25) is 5.02 Å². The number of halogens is 1. The largest absolute Gasteiger partial charge is 0.481 e. The second kappa shape index (κ2) is 9.11. The molecule has 2 atom stereocenters. The lowest BCUT2D eigenvalue weighted by Gasteiger charge is -2.35. The van der Waals surface area contributed by atoms with E-state index in [2.05, 4.69) is 0 Å². The van der Waals surface area contributed by atoms with Crippen LogP contribution in [0.15, 0.2) is 24.3 Å². The molecule has 2 fully saturated rings. The summed E-state index contributed by atoms with van der Waals surface area (Å²) in [6, 6.07) is 7.68. The highest BCUT2D eigenvalue weighted by Crippen LogP contribution is 2.33. The molecule has 0 aromatic heterocycles. The van der Waals surface area contributed by atoms with Crippen LogP contribution in [0.1, 0.15) is 24.8 Å². The van der Waals surface area contributed by atoms with Crippen molar-refractivity contribution in [2.75, 3.05) is 25.4 Å². The first-order valence-corrected chi connectivity index (χ1v) is 10.5. The normalized spacial score (nSPS) is 24.0. The molecule has 0 spiro atoms. The molecule has 1 aromatic carbocycles. The summed E-state index contributed by atoms with van der Waals surface area (Å²) in [6.45, 7) is 1.91. The molecule has 1 aromatic rings. The van der Waals surface area contributed by atoms with Gasteiger partial charge in [-0.1, -0.05) is 23.7 Å². The van der Waals surface area contributed by atoms with E-state index < -0.39 is 11.9 Å². The standard InChI is InChI=1S/C19H24ClNO4S/c20-15-3-1-13(2-4-15)11-26-12-17(22)21-8-5-14(6-9-21)18-16(19(23)24)7-10-25-18/h1-4,14,16,18H,5-12H2,(H,23,24)/t16?,18-/m0/s1. The molecular formula is C19H24ClNO4S. The molecule has 0 bridgehead atoms. The van der Waals surface area contributed by atoms with Crippen molar-refractivity contribution in [2.24, 2.45) is 11.8 Å². The Morgan fingerprint density at radius 1 is 1.19 bits per heavy atom. The lowest BCUT2D eigenvalue weighted by atomic mass is 9.84. The Kier molecular flexibility index (Phi) is 6.84. The lowest BCUT2D eigenvalue weighted by molar-refractivity contribution is -0.145.